The van der Waals surface area contributed by atoms with E-state index in [0.717, 1.165) is 44.9 Å². The number of unbranched alkanes of at least 4 members (excludes halogenated alkanes) is 57. The quantitative estimate of drug-likeness (QED) is 0.0320. The molecular formula is C75H145NO5. The fourth-order valence-electron chi connectivity index (χ4n) is 11.8. The molecule has 0 spiro atoms. The average molecular weight is 1140 g/mol. The highest BCUT2D eigenvalue weighted by Gasteiger charge is 2.18. The monoisotopic (exact) mass is 1140 g/mol. The summed E-state index contributed by atoms with van der Waals surface area (Å²) in [5.41, 5.74) is 0. The predicted molar refractivity (Wildman–Crippen MR) is 356 cm³/mol. The molecule has 2 atom stereocenters. The van der Waals surface area contributed by atoms with Crippen LogP contribution in [0.5, 0.6) is 0 Å². The van der Waals surface area contributed by atoms with Crippen LogP contribution in [-0.2, 0) is 14.3 Å². The average Bonchev–Trinajstić information content (AvgIpc) is 3.47. The third kappa shape index (κ3) is 67.3. The molecule has 6 heteroatoms. The molecule has 0 aliphatic carbocycles. The zero-order valence-corrected chi connectivity index (χ0v) is 55.0. The van der Waals surface area contributed by atoms with E-state index in [1.54, 1.807) is 6.08 Å². The van der Waals surface area contributed by atoms with Gasteiger partial charge in [0.05, 0.1) is 25.4 Å². The lowest BCUT2D eigenvalue weighted by Gasteiger charge is -2.20. The van der Waals surface area contributed by atoms with Crippen LogP contribution in [-0.4, -0.2) is 47.4 Å². The van der Waals surface area contributed by atoms with Gasteiger partial charge in [-0.25, -0.2) is 0 Å². The maximum atomic E-state index is 12.5. The summed E-state index contributed by atoms with van der Waals surface area (Å²) in [6.07, 6.45) is 89.9. The minimum absolute atomic E-state index is 0.0106. The molecule has 480 valence electrons. The van der Waals surface area contributed by atoms with Gasteiger partial charge in [0.2, 0.25) is 5.91 Å². The fraction of sp³-hybridized carbons (Fsp3) is 0.920. The Morgan fingerprint density at radius 1 is 0.333 bits per heavy atom. The number of allylic oxidation sites excluding steroid dienone is 3. The molecule has 0 aliphatic heterocycles. The van der Waals surface area contributed by atoms with Crippen LogP contribution in [0.3, 0.4) is 0 Å². The van der Waals surface area contributed by atoms with E-state index in [9.17, 15) is 19.8 Å². The Labute approximate surface area is 507 Å². The second-order valence-corrected chi connectivity index (χ2v) is 25.6. The van der Waals surface area contributed by atoms with Crippen molar-refractivity contribution in [2.24, 2.45) is 0 Å². The Morgan fingerprint density at radius 3 is 0.889 bits per heavy atom. The van der Waals surface area contributed by atoms with Crippen LogP contribution >= 0.6 is 0 Å². The molecule has 3 N–H and O–H groups in total. The zero-order chi connectivity index (χ0) is 58.5. The smallest absolute Gasteiger partial charge is 0.305 e. The zero-order valence-electron chi connectivity index (χ0n) is 55.0. The number of carbonyl (C=O) groups excluding carboxylic acids is 2. The summed E-state index contributed by atoms with van der Waals surface area (Å²) in [4.78, 5) is 24.6. The highest BCUT2D eigenvalue weighted by atomic mass is 16.5. The molecule has 0 rings (SSSR count). The summed E-state index contributed by atoms with van der Waals surface area (Å²) in [5.74, 6) is -0.0492. The summed E-state index contributed by atoms with van der Waals surface area (Å²) in [7, 11) is 0. The molecule has 0 aromatic heterocycles. The van der Waals surface area contributed by atoms with E-state index in [-0.39, 0.29) is 18.5 Å². The SMILES string of the molecule is CCCCCC/C=C\CCCCCCCC(=O)OCCCCCCCCCCCCCCCCCCCCCCCCCCCCCCCC(=O)NC(CO)C(O)/C=C/CCCCCCCCCCCCCCCCCCCCCC. The molecule has 1 amide bonds. The first kappa shape index (κ1) is 79.3. The van der Waals surface area contributed by atoms with Crippen LogP contribution in [0.1, 0.15) is 418 Å². The Hall–Kier alpha value is -1.66. The van der Waals surface area contributed by atoms with E-state index in [2.05, 4.69) is 31.3 Å². The van der Waals surface area contributed by atoms with Crippen LogP contribution in [0.15, 0.2) is 24.3 Å². The first-order valence-corrected chi connectivity index (χ1v) is 37.1. The maximum absolute atomic E-state index is 12.5. The van der Waals surface area contributed by atoms with Gasteiger partial charge in [-0.1, -0.05) is 372 Å². The third-order valence-corrected chi connectivity index (χ3v) is 17.5. The second-order valence-electron chi connectivity index (χ2n) is 25.6. The predicted octanol–water partition coefficient (Wildman–Crippen LogP) is 24.1. The fourth-order valence-corrected chi connectivity index (χ4v) is 11.8. The van der Waals surface area contributed by atoms with Crippen LogP contribution in [0, 0.1) is 0 Å². The minimum atomic E-state index is -0.843. The van der Waals surface area contributed by atoms with Crippen LogP contribution < -0.4 is 5.32 Å². The highest BCUT2D eigenvalue weighted by molar-refractivity contribution is 5.76. The van der Waals surface area contributed by atoms with Crippen molar-refractivity contribution in [1.82, 2.24) is 5.32 Å². The summed E-state index contributed by atoms with van der Waals surface area (Å²) < 4.78 is 5.48. The van der Waals surface area contributed by atoms with Gasteiger partial charge >= 0.3 is 5.97 Å². The molecular weight excluding hydrogens is 995 g/mol. The van der Waals surface area contributed by atoms with Gasteiger partial charge in [0.25, 0.3) is 0 Å². The van der Waals surface area contributed by atoms with Crippen molar-refractivity contribution in [2.45, 2.75) is 431 Å². The Morgan fingerprint density at radius 2 is 0.580 bits per heavy atom. The van der Waals surface area contributed by atoms with Crippen LogP contribution in [0.2, 0.25) is 0 Å². The van der Waals surface area contributed by atoms with Crippen molar-refractivity contribution < 1.29 is 24.5 Å². The van der Waals surface area contributed by atoms with Gasteiger partial charge in [0.15, 0.2) is 0 Å². The van der Waals surface area contributed by atoms with Gasteiger partial charge in [-0.3, -0.25) is 9.59 Å². The van der Waals surface area contributed by atoms with E-state index in [1.165, 1.54) is 347 Å². The lowest BCUT2D eigenvalue weighted by molar-refractivity contribution is -0.143. The number of rotatable bonds is 70. The summed E-state index contributed by atoms with van der Waals surface area (Å²) in [5, 5.41) is 23.3. The van der Waals surface area contributed by atoms with E-state index in [4.69, 9.17) is 4.74 Å². The molecule has 0 bridgehead atoms. The van der Waals surface area contributed by atoms with Crippen molar-refractivity contribution in [3.63, 3.8) is 0 Å². The van der Waals surface area contributed by atoms with Crippen molar-refractivity contribution in [3.8, 4) is 0 Å². The number of aliphatic hydroxyl groups is 2. The van der Waals surface area contributed by atoms with Crippen molar-refractivity contribution in [3.05, 3.63) is 24.3 Å². The molecule has 0 heterocycles. The number of esters is 1. The van der Waals surface area contributed by atoms with Crippen molar-refractivity contribution in [2.75, 3.05) is 13.2 Å². The molecule has 0 aromatic rings. The number of ether oxygens (including phenoxy) is 1. The van der Waals surface area contributed by atoms with Crippen LogP contribution in [0.4, 0.5) is 0 Å². The lowest BCUT2D eigenvalue weighted by Crippen LogP contribution is -2.45. The highest BCUT2D eigenvalue weighted by Crippen LogP contribution is 2.19. The van der Waals surface area contributed by atoms with Crippen molar-refractivity contribution in [1.29, 1.82) is 0 Å². The standard InChI is InChI=1S/C75H145NO5/c1-3-5-7-9-11-13-15-17-18-19-20-21-31-34-37-40-44-47-51-55-59-63-67-73(78)72(71-77)76-74(79)68-64-60-56-52-48-45-41-38-35-32-29-27-25-23-22-24-26-28-30-33-36-39-42-46-50-54-58-62-66-70-81-75(80)69-65-61-57-53-49-43-16-14-12-10-8-6-4-2/h14,16,63,67,72-73,77-78H,3-13,15,17-62,64-66,68-71H2,1-2H3,(H,76,79)/b16-14-,67-63+. The maximum Gasteiger partial charge on any atom is 0.305 e. The van der Waals surface area contributed by atoms with Gasteiger partial charge in [0, 0.05) is 12.8 Å². The van der Waals surface area contributed by atoms with Gasteiger partial charge in [-0.2, -0.15) is 0 Å². The van der Waals surface area contributed by atoms with Gasteiger partial charge in [-0.15, -0.1) is 0 Å². The third-order valence-electron chi connectivity index (χ3n) is 17.5. The van der Waals surface area contributed by atoms with Crippen molar-refractivity contribution >= 4 is 11.9 Å². The first-order chi connectivity index (χ1) is 40.0. The summed E-state index contributed by atoms with van der Waals surface area (Å²) >= 11 is 0. The molecule has 6 nitrogen and oxygen atoms in total. The number of hydrogen-bond acceptors (Lipinski definition) is 5. The molecule has 0 saturated carbocycles. The first-order valence-electron chi connectivity index (χ1n) is 37.1. The molecule has 0 radical (unpaired) electrons. The normalized spacial score (nSPS) is 12.6. The number of nitrogens with one attached hydrogen (secondary N) is 1. The number of hydrogen-bond donors (Lipinski definition) is 3. The molecule has 0 aromatic carbocycles. The Kier molecular flexibility index (Phi) is 69.4. The number of aliphatic hydroxyl groups excluding tert-OH is 2. The van der Waals surface area contributed by atoms with E-state index in [1.807, 2.05) is 6.08 Å². The van der Waals surface area contributed by atoms with Gasteiger partial charge in [-0.05, 0) is 57.8 Å². The molecule has 0 saturated heterocycles. The van der Waals surface area contributed by atoms with E-state index in [0.29, 0.717) is 19.4 Å². The minimum Gasteiger partial charge on any atom is -0.466 e. The lowest BCUT2D eigenvalue weighted by atomic mass is 10.0. The largest absolute Gasteiger partial charge is 0.466 e. The van der Waals surface area contributed by atoms with Crippen LogP contribution in [0.25, 0.3) is 0 Å². The summed E-state index contributed by atoms with van der Waals surface area (Å²) in [6.45, 7) is 4.93. The Balaban J connectivity index is 3.37. The van der Waals surface area contributed by atoms with Gasteiger partial charge < -0.3 is 20.3 Å². The second kappa shape index (κ2) is 70.8. The molecule has 0 fully saturated rings. The van der Waals surface area contributed by atoms with E-state index >= 15 is 0 Å². The van der Waals surface area contributed by atoms with E-state index < -0.39 is 12.1 Å². The number of amides is 1. The molecule has 2 unspecified atom stereocenters. The molecule has 81 heavy (non-hydrogen) atoms. The summed E-state index contributed by atoms with van der Waals surface area (Å²) in [6, 6.07) is -0.626. The molecule has 0 aliphatic rings. The van der Waals surface area contributed by atoms with Gasteiger partial charge in [0.1, 0.15) is 0 Å². The Bertz CT molecular complexity index is 1270. The topological polar surface area (TPSA) is 95.9 Å². The number of carbonyl (C=O) groups is 2.